The lowest BCUT2D eigenvalue weighted by Crippen LogP contribution is -2.05. The third kappa shape index (κ3) is 3.39. The zero-order chi connectivity index (χ0) is 14.5. The van der Waals surface area contributed by atoms with Crippen LogP contribution in [0, 0.1) is 3.57 Å². The summed E-state index contributed by atoms with van der Waals surface area (Å²) in [6.07, 6.45) is 1.95. The lowest BCUT2D eigenvalue weighted by molar-refractivity contribution is 0.340. The number of hydrogen-bond donors (Lipinski definition) is 1. The van der Waals surface area contributed by atoms with E-state index in [9.17, 15) is 0 Å². The molecule has 0 aliphatic rings. The number of nitrogen functional groups attached to an aromatic ring is 1. The molecule has 1 aromatic heterocycles. The van der Waals surface area contributed by atoms with Crippen LogP contribution in [-0.4, -0.2) is 16.6 Å². The Morgan fingerprint density at radius 3 is 2.45 bits per heavy atom. The zero-order valence-electron chi connectivity index (χ0n) is 11.7. The van der Waals surface area contributed by atoms with Crippen LogP contribution in [0.4, 0.5) is 5.82 Å². The van der Waals surface area contributed by atoms with E-state index >= 15 is 0 Å². The molecule has 0 spiro atoms. The third-order valence-electron chi connectivity index (χ3n) is 2.86. The van der Waals surface area contributed by atoms with Crippen molar-refractivity contribution in [1.29, 1.82) is 0 Å². The van der Waals surface area contributed by atoms with Crippen LogP contribution in [0.25, 0.3) is 11.4 Å². The number of benzene rings is 1. The van der Waals surface area contributed by atoms with Crippen LogP contribution in [0.15, 0.2) is 24.3 Å². The van der Waals surface area contributed by atoms with Gasteiger partial charge >= 0.3 is 0 Å². The standard InChI is InChI=1S/C15H18IN3O/c1-3-5-12-13(16)14(17)19-15(18-12)10-6-8-11(9-7-10)20-4-2/h6-9H,3-5H2,1-2H3,(H2,17,18,19). The normalized spacial score (nSPS) is 10.6. The highest BCUT2D eigenvalue weighted by atomic mass is 127. The summed E-state index contributed by atoms with van der Waals surface area (Å²) < 4.78 is 6.39. The monoisotopic (exact) mass is 383 g/mol. The van der Waals surface area contributed by atoms with Crippen LogP contribution in [0.2, 0.25) is 0 Å². The molecule has 0 unspecified atom stereocenters. The van der Waals surface area contributed by atoms with Crippen molar-refractivity contribution in [2.24, 2.45) is 0 Å². The summed E-state index contributed by atoms with van der Waals surface area (Å²) in [6, 6.07) is 7.77. The highest BCUT2D eigenvalue weighted by Crippen LogP contribution is 2.24. The van der Waals surface area contributed by atoms with Crippen molar-refractivity contribution < 1.29 is 4.74 Å². The molecule has 0 saturated carbocycles. The first-order valence-corrected chi connectivity index (χ1v) is 7.78. The average molecular weight is 383 g/mol. The van der Waals surface area contributed by atoms with Crippen molar-refractivity contribution in [3.63, 3.8) is 0 Å². The van der Waals surface area contributed by atoms with Gasteiger partial charge in [0.15, 0.2) is 5.82 Å². The van der Waals surface area contributed by atoms with Crippen LogP contribution in [0.3, 0.4) is 0 Å². The smallest absolute Gasteiger partial charge is 0.161 e. The Balaban J connectivity index is 2.36. The van der Waals surface area contributed by atoms with Gasteiger partial charge in [0.25, 0.3) is 0 Å². The Bertz CT molecular complexity index is 584. The van der Waals surface area contributed by atoms with Gasteiger partial charge in [0.2, 0.25) is 0 Å². The molecule has 0 amide bonds. The summed E-state index contributed by atoms with van der Waals surface area (Å²) in [4.78, 5) is 9.01. The summed E-state index contributed by atoms with van der Waals surface area (Å²) in [5, 5.41) is 0. The molecule has 0 radical (unpaired) electrons. The number of halogens is 1. The van der Waals surface area contributed by atoms with Gasteiger partial charge in [-0.15, -0.1) is 0 Å². The molecule has 2 rings (SSSR count). The van der Waals surface area contributed by atoms with Gasteiger partial charge in [-0.2, -0.15) is 0 Å². The molecule has 4 nitrogen and oxygen atoms in total. The molecule has 1 heterocycles. The maximum atomic E-state index is 5.98. The maximum Gasteiger partial charge on any atom is 0.161 e. The first kappa shape index (κ1) is 15.0. The first-order valence-electron chi connectivity index (χ1n) is 6.70. The second-order valence-electron chi connectivity index (χ2n) is 4.40. The Labute approximate surface area is 132 Å². The lowest BCUT2D eigenvalue weighted by Gasteiger charge is -2.09. The summed E-state index contributed by atoms with van der Waals surface area (Å²) in [6.45, 7) is 4.76. The highest BCUT2D eigenvalue weighted by Gasteiger charge is 2.11. The third-order valence-corrected chi connectivity index (χ3v) is 4.03. The lowest BCUT2D eigenvalue weighted by atomic mass is 10.2. The molecule has 2 N–H and O–H groups in total. The molecule has 106 valence electrons. The van der Waals surface area contributed by atoms with Crippen LogP contribution in [-0.2, 0) is 6.42 Å². The average Bonchev–Trinajstić information content (AvgIpc) is 2.45. The van der Waals surface area contributed by atoms with Crippen LogP contribution < -0.4 is 10.5 Å². The minimum Gasteiger partial charge on any atom is -0.494 e. The van der Waals surface area contributed by atoms with Gasteiger partial charge in [0.1, 0.15) is 11.6 Å². The van der Waals surface area contributed by atoms with Gasteiger partial charge in [0, 0.05) is 5.56 Å². The zero-order valence-corrected chi connectivity index (χ0v) is 13.8. The van der Waals surface area contributed by atoms with Crippen molar-refractivity contribution in [2.75, 3.05) is 12.3 Å². The molecule has 0 aliphatic carbocycles. The number of aromatic nitrogens is 2. The van der Waals surface area contributed by atoms with Crippen molar-refractivity contribution in [2.45, 2.75) is 26.7 Å². The molecular formula is C15H18IN3O. The summed E-state index contributed by atoms with van der Waals surface area (Å²) in [5.41, 5.74) is 7.95. The molecular weight excluding hydrogens is 365 g/mol. The molecule has 20 heavy (non-hydrogen) atoms. The number of hydrogen-bond acceptors (Lipinski definition) is 4. The van der Waals surface area contributed by atoms with E-state index in [0.29, 0.717) is 18.2 Å². The van der Waals surface area contributed by atoms with Crippen molar-refractivity contribution in [3.8, 4) is 17.1 Å². The number of anilines is 1. The van der Waals surface area contributed by atoms with Gasteiger partial charge in [0.05, 0.1) is 15.9 Å². The van der Waals surface area contributed by atoms with Gasteiger partial charge in [-0.3, -0.25) is 0 Å². The molecule has 0 bridgehead atoms. The summed E-state index contributed by atoms with van der Waals surface area (Å²) >= 11 is 2.21. The molecule has 2 aromatic rings. The van der Waals surface area contributed by atoms with E-state index in [2.05, 4.69) is 39.5 Å². The summed E-state index contributed by atoms with van der Waals surface area (Å²) in [5.74, 6) is 2.07. The first-order chi connectivity index (χ1) is 9.65. The fraction of sp³-hybridized carbons (Fsp3) is 0.333. The number of nitrogens with zero attached hydrogens (tertiary/aromatic N) is 2. The Morgan fingerprint density at radius 1 is 1.15 bits per heavy atom. The second-order valence-corrected chi connectivity index (χ2v) is 5.48. The molecule has 0 saturated heterocycles. The number of ether oxygens (including phenoxy) is 1. The summed E-state index contributed by atoms with van der Waals surface area (Å²) in [7, 11) is 0. The van der Waals surface area contributed by atoms with E-state index < -0.39 is 0 Å². The number of aryl methyl sites for hydroxylation is 1. The van der Waals surface area contributed by atoms with Gasteiger partial charge in [-0.1, -0.05) is 13.3 Å². The highest BCUT2D eigenvalue weighted by molar-refractivity contribution is 14.1. The number of nitrogens with two attached hydrogens (primary N) is 1. The minimum atomic E-state index is 0.549. The van der Waals surface area contributed by atoms with Crippen LogP contribution in [0.5, 0.6) is 5.75 Å². The van der Waals surface area contributed by atoms with E-state index in [4.69, 9.17) is 10.5 Å². The molecule has 0 atom stereocenters. The Morgan fingerprint density at radius 2 is 1.85 bits per heavy atom. The van der Waals surface area contributed by atoms with Crippen LogP contribution >= 0.6 is 22.6 Å². The quantitative estimate of drug-likeness (QED) is 0.801. The van der Waals surface area contributed by atoms with E-state index in [-0.39, 0.29) is 0 Å². The van der Waals surface area contributed by atoms with Gasteiger partial charge in [-0.25, -0.2) is 9.97 Å². The topological polar surface area (TPSA) is 61.0 Å². The molecule has 5 heteroatoms. The molecule has 1 aromatic carbocycles. The van der Waals surface area contributed by atoms with E-state index in [0.717, 1.165) is 33.4 Å². The molecule has 0 aliphatic heterocycles. The Kier molecular flexibility index (Phi) is 5.17. The van der Waals surface area contributed by atoms with Crippen LogP contribution in [0.1, 0.15) is 26.0 Å². The fourth-order valence-electron chi connectivity index (χ4n) is 1.91. The van der Waals surface area contributed by atoms with Crippen molar-refractivity contribution in [1.82, 2.24) is 9.97 Å². The predicted molar refractivity (Wildman–Crippen MR) is 89.8 cm³/mol. The predicted octanol–water partition coefficient (Wildman–Crippen LogP) is 3.68. The number of rotatable bonds is 5. The fourth-order valence-corrected chi connectivity index (χ4v) is 2.42. The van der Waals surface area contributed by atoms with E-state index in [1.807, 2.05) is 31.2 Å². The van der Waals surface area contributed by atoms with Gasteiger partial charge in [-0.05, 0) is 60.2 Å². The van der Waals surface area contributed by atoms with E-state index in [1.54, 1.807) is 0 Å². The van der Waals surface area contributed by atoms with Crippen molar-refractivity contribution in [3.05, 3.63) is 33.5 Å². The molecule has 0 fully saturated rings. The van der Waals surface area contributed by atoms with E-state index in [1.165, 1.54) is 0 Å². The Hall–Kier alpha value is -1.37. The second kappa shape index (κ2) is 6.88. The SMILES string of the molecule is CCCc1nc(-c2ccc(OCC)cc2)nc(N)c1I. The van der Waals surface area contributed by atoms with Gasteiger partial charge < -0.3 is 10.5 Å². The van der Waals surface area contributed by atoms with Crippen molar-refractivity contribution >= 4 is 28.4 Å². The largest absolute Gasteiger partial charge is 0.494 e. The maximum absolute atomic E-state index is 5.98. The minimum absolute atomic E-state index is 0.549.